The van der Waals surface area contributed by atoms with Crippen LogP contribution >= 0.6 is 0 Å². The zero-order valence-electron chi connectivity index (χ0n) is 13.9. The van der Waals surface area contributed by atoms with Crippen molar-refractivity contribution in [2.24, 2.45) is 5.92 Å². The molecule has 0 aromatic carbocycles. The Balaban J connectivity index is 1.71. The fourth-order valence-electron chi connectivity index (χ4n) is 2.69. The van der Waals surface area contributed by atoms with Gasteiger partial charge in [0.25, 0.3) is 0 Å². The summed E-state index contributed by atoms with van der Waals surface area (Å²) in [5.74, 6) is 1.30. The third-order valence-corrected chi connectivity index (χ3v) is 4.18. The van der Waals surface area contributed by atoms with Crippen LogP contribution in [0, 0.1) is 28.6 Å². The Bertz CT molecular complexity index is 630. The summed E-state index contributed by atoms with van der Waals surface area (Å²) in [4.78, 5) is 20.0. The van der Waals surface area contributed by atoms with Gasteiger partial charge in [-0.1, -0.05) is 0 Å². The Hall–Kier alpha value is -2.64. The number of nitrogens with zero attached hydrogens (tertiary/aromatic N) is 5. The van der Waals surface area contributed by atoms with E-state index in [1.54, 1.807) is 30.3 Å². The molecule has 1 amide bonds. The summed E-state index contributed by atoms with van der Waals surface area (Å²) in [6, 6.07) is 7.65. The second-order valence-electron chi connectivity index (χ2n) is 6.04. The van der Waals surface area contributed by atoms with Crippen LogP contribution in [-0.2, 0) is 4.79 Å². The third-order valence-electron chi connectivity index (χ3n) is 4.18. The number of amides is 1. The number of hydrogen-bond donors (Lipinski definition) is 1. The van der Waals surface area contributed by atoms with Gasteiger partial charge in [0.2, 0.25) is 5.91 Å². The van der Waals surface area contributed by atoms with E-state index in [2.05, 4.69) is 21.3 Å². The van der Waals surface area contributed by atoms with Crippen molar-refractivity contribution in [1.82, 2.24) is 14.8 Å². The van der Waals surface area contributed by atoms with Gasteiger partial charge in [0.05, 0.1) is 24.6 Å². The number of pyridine rings is 1. The van der Waals surface area contributed by atoms with Crippen molar-refractivity contribution in [3.63, 3.8) is 0 Å². The highest BCUT2D eigenvalue weighted by atomic mass is 16.2. The van der Waals surface area contributed by atoms with Gasteiger partial charge in [0, 0.05) is 32.9 Å². The highest BCUT2D eigenvalue weighted by Crippen LogP contribution is 2.17. The third kappa shape index (κ3) is 5.22. The van der Waals surface area contributed by atoms with Crippen LogP contribution in [-0.4, -0.2) is 60.5 Å². The molecule has 7 heteroatoms. The van der Waals surface area contributed by atoms with E-state index in [4.69, 9.17) is 10.5 Å². The van der Waals surface area contributed by atoms with Gasteiger partial charge < -0.3 is 10.2 Å². The normalized spacial score (nSPS) is 17.0. The van der Waals surface area contributed by atoms with Crippen molar-refractivity contribution in [2.75, 3.05) is 45.1 Å². The quantitative estimate of drug-likeness (QED) is 0.805. The standard InChI is InChI=1S/C17H22N6O/c1-22(7-2-6-18)17(24)13-23-8-5-15(12-23)11-21-16-4-3-14(9-19)10-20-16/h3-4,10,15H,2,5,7-8,11-13H2,1H3,(H,20,21)/t15-/m0/s1. The lowest BCUT2D eigenvalue weighted by molar-refractivity contribution is -0.130. The van der Waals surface area contributed by atoms with Crippen molar-refractivity contribution in [1.29, 1.82) is 10.5 Å². The summed E-state index contributed by atoms with van der Waals surface area (Å²) < 4.78 is 0. The van der Waals surface area contributed by atoms with Crippen molar-refractivity contribution in [3.05, 3.63) is 23.9 Å². The molecule has 0 radical (unpaired) electrons. The van der Waals surface area contributed by atoms with Crippen LogP contribution in [0.3, 0.4) is 0 Å². The molecular weight excluding hydrogens is 304 g/mol. The van der Waals surface area contributed by atoms with Crippen molar-refractivity contribution >= 4 is 11.7 Å². The Morgan fingerprint density at radius 1 is 1.50 bits per heavy atom. The summed E-state index contributed by atoms with van der Waals surface area (Å²) in [5, 5.41) is 20.6. The zero-order valence-corrected chi connectivity index (χ0v) is 13.9. The molecule has 1 saturated heterocycles. The Morgan fingerprint density at radius 2 is 2.33 bits per heavy atom. The van der Waals surface area contributed by atoms with Gasteiger partial charge in [-0.2, -0.15) is 10.5 Å². The molecule has 1 aromatic rings. The molecule has 0 unspecified atom stereocenters. The zero-order chi connectivity index (χ0) is 17.4. The second kappa shape index (κ2) is 8.85. The fourth-order valence-corrected chi connectivity index (χ4v) is 2.69. The molecule has 0 spiro atoms. The maximum absolute atomic E-state index is 12.1. The van der Waals surface area contributed by atoms with E-state index in [-0.39, 0.29) is 5.91 Å². The number of likely N-dealkylation sites (tertiary alicyclic amines) is 1. The lowest BCUT2D eigenvalue weighted by Crippen LogP contribution is -2.38. The average molecular weight is 326 g/mol. The number of likely N-dealkylation sites (N-methyl/N-ethyl adjacent to an activating group) is 1. The van der Waals surface area contributed by atoms with Crippen molar-refractivity contribution in [3.8, 4) is 12.1 Å². The number of carbonyl (C=O) groups excluding carboxylic acids is 1. The van der Waals surface area contributed by atoms with E-state index in [1.807, 2.05) is 6.07 Å². The van der Waals surface area contributed by atoms with E-state index in [1.165, 1.54) is 0 Å². The molecule has 2 rings (SSSR count). The van der Waals surface area contributed by atoms with Crippen LogP contribution in [0.2, 0.25) is 0 Å². The van der Waals surface area contributed by atoms with E-state index in [0.29, 0.717) is 31.0 Å². The molecule has 24 heavy (non-hydrogen) atoms. The number of carbonyl (C=O) groups is 1. The minimum absolute atomic E-state index is 0.0626. The molecule has 1 aliphatic heterocycles. The molecule has 1 aromatic heterocycles. The molecule has 1 fully saturated rings. The van der Waals surface area contributed by atoms with Crippen LogP contribution in [0.25, 0.3) is 0 Å². The summed E-state index contributed by atoms with van der Waals surface area (Å²) in [5.41, 5.74) is 0.548. The fraction of sp³-hybridized carbons (Fsp3) is 0.529. The monoisotopic (exact) mass is 326 g/mol. The molecular formula is C17H22N6O. The molecule has 126 valence electrons. The van der Waals surface area contributed by atoms with Gasteiger partial charge in [0.15, 0.2) is 0 Å². The first-order valence-electron chi connectivity index (χ1n) is 8.05. The number of nitriles is 2. The summed E-state index contributed by atoms with van der Waals surface area (Å²) in [7, 11) is 1.74. The van der Waals surface area contributed by atoms with Gasteiger partial charge in [-0.15, -0.1) is 0 Å². The summed E-state index contributed by atoms with van der Waals surface area (Å²) in [6.45, 7) is 3.48. The Labute approximate surface area is 142 Å². The van der Waals surface area contributed by atoms with Crippen LogP contribution < -0.4 is 5.32 Å². The van der Waals surface area contributed by atoms with Gasteiger partial charge in [-0.3, -0.25) is 9.69 Å². The number of hydrogen-bond acceptors (Lipinski definition) is 6. The van der Waals surface area contributed by atoms with Crippen LogP contribution in [0.1, 0.15) is 18.4 Å². The van der Waals surface area contributed by atoms with Gasteiger partial charge in [-0.25, -0.2) is 4.98 Å². The number of nitrogens with one attached hydrogen (secondary N) is 1. The maximum atomic E-state index is 12.1. The smallest absolute Gasteiger partial charge is 0.236 e. The van der Waals surface area contributed by atoms with E-state index >= 15 is 0 Å². The average Bonchev–Trinajstić information content (AvgIpc) is 3.05. The first-order valence-corrected chi connectivity index (χ1v) is 8.05. The Morgan fingerprint density at radius 3 is 3.00 bits per heavy atom. The number of aromatic nitrogens is 1. The van der Waals surface area contributed by atoms with Crippen molar-refractivity contribution in [2.45, 2.75) is 12.8 Å². The Kier molecular flexibility index (Phi) is 6.53. The van der Waals surface area contributed by atoms with E-state index in [9.17, 15) is 4.79 Å². The first-order chi connectivity index (χ1) is 11.6. The number of anilines is 1. The SMILES string of the molecule is CN(CCC#N)C(=O)CN1CC[C@@H](CNc2ccc(C#N)cn2)C1. The van der Waals surface area contributed by atoms with Gasteiger partial charge in [-0.05, 0) is 31.0 Å². The van der Waals surface area contributed by atoms with Gasteiger partial charge in [0.1, 0.15) is 11.9 Å². The predicted molar refractivity (Wildman–Crippen MR) is 89.9 cm³/mol. The first kappa shape index (κ1) is 17.7. The molecule has 1 atom stereocenters. The van der Waals surface area contributed by atoms with Crippen LogP contribution in [0.5, 0.6) is 0 Å². The maximum Gasteiger partial charge on any atom is 0.236 e. The minimum atomic E-state index is 0.0626. The van der Waals surface area contributed by atoms with Gasteiger partial charge >= 0.3 is 0 Å². The van der Waals surface area contributed by atoms with Crippen LogP contribution in [0.4, 0.5) is 5.82 Å². The molecule has 2 heterocycles. The lowest BCUT2D eigenvalue weighted by Gasteiger charge is -2.21. The summed E-state index contributed by atoms with van der Waals surface area (Å²) >= 11 is 0. The molecule has 0 aliphatic carbocycles. The lowest BCUT2D eigenvalue weighted by atomic mass is 10.1. The number of rotatable bonds is 7. The topological polar surface area (TPSA) is 96.0 Å². The van der Waals surface area contributed by atoms with E-state index < -0.39 is 0 Å². The molecule has 7 nitrogen and oxygen atoms in total. The largest absolute Gasteiger partial charge is 0.370 e. The summed E-state index contributed by atoms with van der Waals surface area (Å²) in [6.07, 6.45) is 2.96. The minimum Gasteiger partial charge on any atom is -0.370 e. The predicted octanol–water partition coefficient (Wildman–Crippen LogP) is 1.06. The molecule has 0 saturated carbocycles. The highest BCUT2D eigenvalue weighted by Gasteiger charge is 2.24. The molecule has 1 N–H and O–H groups in total. The van der Waals surface area contributed by atoms with Crippen LogP contribution in [0.15, 0.2) is 18.3 Å². The second-order valence-corrected chi connectivity index (χ2v) is 6.04. The van der Waals surface area contributed by atoms with Crippen molar-refractivity contribution < 1.29 is 4.79 Å². The molecule has 0 bridgehead atoms. The molecule has 1 aliphatic rings. The van der Waals surface area contributed by atoms with E-state index in [0.717, 1.165) is 31.9 Å². The highest BCUT2D eigenvalue weighted by molar-refractivity contribution is 5.78.